The Morgan fingerprint density at radius 1 is 1.29 bits per heavy atom. The van der Waals surface area contributed by atoms with E-state index in [1.54, 1.807) is 0 Å². The molecule has 4 nitrogen and oxygen atoms in total. The van der Waals surface area contributed by atoms with Crippen LogP contribution >= 0.6 is 0 Å². The molecule has 0 spiro atoms. The molecule has 1 aliphatic heterocycles. The van der Waals surface area contributed by atoms with Gasteiger partial charge in [-0.15, -0.1) is 0 Å². The van der Waals surface area contributed by atoms with Crippen molar-refractivity contribution in [2.45, 2.75) is 31.9 Å². The second-order valence-electron chi connectivity index (χ2n) is 5.76. The number of benzene rings is 1. The Morgan fingerprint density at radius 2 is 2.19 bits per heavy atom. The molecule has 0 N–H and O–H groups in total. The van der Waals surface area contributed by atoms with Crippen molar-refractivity contribution in [2.75, 3.05) is 20.2 Å². The van der Waals surface area contributed by atoms with Crippen LogP contribution < -0.4 is 0 Å². The summed E-state index contributed by atoms with van der Waals surface area (Å²) >= 11 is 0. The van der Waals surface area contributed by atoms with Gasteiger partial charge in [-0.2, -0.15) is 5.10 Å². The Morgan fingerprint density at radius 3 is 2.95 bits per heavy atom. The van der Waals surface area contributed by atoms with Gasteiger partial charge in [0.05, 0.1) is 11.8 Å². The molecule has 112 valence electrons. The molecule has 1 aromatic carbocycles. The molecule has 1 saturated heterocycles. The van der Waals surface area contributed by atoms with Crippen LogP contribution in [0, 0.1) is 0 Å². The van der Waals surface area contributed by atoms with Gasteiger partial charge in [0.15, 0.2) is 0 Å². The smallest absolute Gasteiger partial charge is 0.0702 e. The summed E-state index contributed by atoms with van der Waals surface area (Å²) in [6.07, 6.45) is 7.88. The molecular formula is C17H23N3O. The van der Waals surface area contributed by atoms with E-state index < -0.39 is 0 Å². The number of likely N-dealkylation sites (N-methyl/N-ethyl adjacent to an activating group) is 1. The van der Waals surface area contributed by atoms with Crippen molar-refractivity contribution in [3.05, 3.63) is 48.3 Å². The van der Waals surface area contributed by atoms with Gasteiger partial charge >= 0.3 is 0 Å². The molecule has 0 saturated carbocycles. The lowest BCUT2D eigenvalue weighted by molar-refractivity contribution is -0.00259. The SMILES string of the molecule is CN(Cc1ccccc1-n1cccn1)C[C@H]1CCCCO1. The fourth-order valence-corrected chi connectivity index (χ4v) is 2.93. The molecule has 0 aliphatic carbocycles. The Labute approximate surface area is 126 Å². The molecule has 1 fully saturated rings. The van der Waals surface area contributed by atoms with Crippen molar-refractivity contribution >= 4 is 0 Å². The second kappa shape index (κ2) is 6.87. The quantitative estimate of drug-likeness (QED) is 0.846. The summed E-state index contributed by atoms with van der Waals surface area (Å²) in [5.74, 6) is 0. The van der Waals surface area contributed by atoms with E-state index in [0.717, 1.165) is 25.4 Å². The summed E-state index contributed by atoms with van der Waals surface area (Å²) in [5, 5.41) is 4.34. The molecule has 0 radical (unpaired) electrons. The monoisotopic (exact) mass is 285 g/mol. The standard InChI is InChI=1S/C17H23N3O/c1-19(14-16-8-4-5-12-21-16)13-15-7-2-3-9-17(15)20-11-6-10-18-20/h2-3,6-7,9-11,16H,4-5,8,12-14H2,1H3/t16-/m1/s1. The van der Waals surface area contributed by atoms with Crippen molar-refractivity contribution in [3.8, 4) is 5.69 Å². The van der Waals surface area contributed by atoms with Crippen LogP contribution in [0.4, 0.5) is 0 Å². The van der Waals surface area contributed by atoms with Crippen LogP contribution in [0.2, 0.25) is 0 Å². The first kappa shape index (κ1) is 14.3. The Balaban J connectivity index is 1.67. The molecular weight excluding hydrogens is 262 g/mol. The molecule has 2 heterocycles. The highest BCUT2D eigenvalue weighted by Gasteiger charge is 2.16. The van der Waals surface area contributed by atoms with Crippen LogP contribution in [0.25, 0.3) is 5.69 Å². The van der Waals surface area contributed by atoms with Crippen molar-refractivity contribution in [3.63, 3.8) is 0 Å². The summed E-state index contributed by atoms with van der Waals surface area (Å²) in [7, 11) is 2.16. The van der Waals surface area contributed by atoms with E-state index in [1.807, 2.05) is 23.1 Å². The highest BCUT2D eigenvalue weighted by molar-refractivity contribution is 5.40. The van der Waals surface area contributed by atoms with Gasteiger partial charge in [-0.3, -0.25) is 4.90 Å². The van der Waals surface area contributed by atoms with Gasteiger partial charge in [0, 0.05) is 32.1 Å². The molecule has 21 heavy (non-hydrogen) atoms. The van der Waals surface area contributed by atoms with Crippen molar-refractivity contribution < 1.29 is 4.74 Å². The number of para-hydroxylation sites is 1. The lowest BCUT2D eigenvalue weighted by Crippen LogP contribution is -2.33. The first-order valence-electron chi connectivity index (χ1n) is 7.71. The third-order valence-corrected chi connectivity index (χ3v) is 3.97. The summed E-state index contributed by atoms with van der Waals surface area (Å²) < 4.78 is 7.76. The van der Waals surface area contributed by atoms with Gasteiger partial charge in [-0.25, -0.2) is 4.68 Å². The van der Waals surface area contributed by atoms with Gasteiger partial charge in [0.2, 0.25) is 0 Å². The van der Waals surface area contributed by atoms with Gasteiger partial charge < -0.3 is 4.74 Å². The predicted molar refractivity (Wildman–Crippen MR) is 83.5 cm³/mol. The van der Waals surface area contributed by atoms with E-state index in [4.69, 9.17) is 4.74 Å². The van der Waals surface area contributed by atoms with E-state index >= 15 is 0 Å². The van der Waals surface area contributed by atoms with Gasteiger partial charge in [-0.1, -0.05) is 18.2 Å². The zero-order valence-electron chi connectivity index (χ0n) is 12.6. The molecule has 4 heteroatoms. The van der Waals surface area contributed by atoms with Crippen LogP contribution in [0.5, 0.6) is 0 Å². The molecule has 0 bridgehead atoms. The van der Waals surface area contributed by atoms with E-state index in [-0.39, 0.29) is 0 Å². The number of nitrogens with zero attached hydrogens (tertiary/aromatic N) is 3. The fourth-order valence-electron chi connectivity index (χ4n) is 2.93. The molecule has 3 rings (SSSR count). The van der Waals surface area contributed by atoms with Gasteiger partial charge in [-0.05, 0) is 44.0 Å². The summed E-state index contributed by atoms with van der Waals surface area (Å²) in [5.41, 5.74) is 2.44. The average Bonchev–Trinajstić information content (AvgIpc) is 3.03. The lowest BCUT2D eigenvalue weighted by Gasteiger charge is -2.27. The van der Waals surface area contributed by atoms with E-state index in [0.29, 0.717) is 6.10 Å². The van der Waals surface area contributed by atoms with Crippen LogP contribution in [-0.2, 0) is 11.3 Å². The molecule has 1 atom stereocenters. The molecule has 0 amide bonds. The molecule has 2 aromatic rings. The van der Waals surface area contributed by atoms with Gasteiger partial charge in [0.1, 0.15) is 0 Å². The summed E-state index contributed by atoms with van der Waals surface area (Å²) in [6.45, 7) is 2.83. The number of hydrogen-bond acceptors (Lipinski definition) is 3. The minimum atomic E-state index is 0.389. The van der Waals surface area contributed by atoms with E-state index in [2.05, 4.69) is 41.3 Å². The normalized spacial score (nSPS) is 19.0. The van der Waals surface area contributed by atoms with Crippen LogP contribution in [-0.4, -0.2) is 41.0 Å². The van der Waals surface area contributed by atoms with Crippen LogP contribution in [0.15, 0.2) is 42.7 Å². The minimum absolute atomic E-state index is 0.389. The topological polar surface area (TPSA) is 30.3 Å². The summed E-state index contributed by atoms with van der Waals surface area (Å²) in [6, 6.07) is 10.4. The van der Waals surface area contributed by atoms with E-state index in [1.165, 1.54) is 24.8 Å². The third-order valence-electron chi connectivity index (χ3n) is 3.97. The Hall–Kier alpha value is -1.65. The van der Waals surface area contributed by atoms with Crippen molar-refractivity contribution in [1.29, 1.82) is 0 Å². The largest absolute Gasteiger partial charge is 0.377 e. The van der Waals surface area contributed by atoms with Crippen LogP contribution in [0.1, 0.15) is 24.8 Å². The molecule has 0 unspecified atom stereocenters. The number of ether oxygens (including phenoxy) is 1. The van der Waals surface area contributed by atoms with Crippen molar-refractivity contribution in [1.82, 2.24) is 14.7 Å². The molecule has 1 aliphatic rings. The number of aromatic nitrogens is 2. The maximum absolute atomic E-state index is 5.83. The van der Waals surface area contributed by atoms with Crippen LogP contribution in [0.3, 0.4) is 0 Å². The van der Waals surface area contributed by atoms with Crippen molar-refractivity contribution in [2.24, 2.45) is 0 Å². The lowest BCUT2D eigenvalue weighted by atomic mass is 10.1. The maximum Gasteiger partial charge on any atom is 0.0702 e. The second-order valence-corrected chi connectivity index (χ2v) is 5.76. The number of rotatable bonds is 5. The Kier molecular flexibility index (Phi) is 4.68. The third kappa shape index (κ3) is 3.71. The fraction of sp³-hybridized carbons (Fsp3) is 0.471. The Bertz CT molecular complexity index is 547. The zero-order valence-corrected chi connectivity index (χ0v) is 12.6. The predicted octanol–water partition coefficient (Wildman–Crippen LogP) is 2.87. The summed E-state index contributed by atoms with van der Waals surface area (Å²) in [4.78, 5) is 2.35. The highest BCUT2D eigenvalue weighted by Crippen LogP contribution is 2.17. The highest BCUT2D eigenvalue weighted by atomic mass is 16.5. The zero-order chi connectivity index (χ0) is 14.5. The average molecular weight is 285 g/mol. The molecule has 1 aromatic heterocycles. The number of hydrogen-bond donors (Lipinski definition) is 0. The maximum atomic E-state index is 5.83. The first-order valence-corrected chi connectivity index (χ1v) is 7.71. The first-order chi connectivity index (χ1) is 10.3. The van der Waals surface area contributed by atoms with E-state index in [9.17, 15) is 0 Å². The minimum Gasteiger partial charge on any atom is -0.377 e. The van der Waals surface area contributed by atoms with Gasteiger partial charge in [0.25, 0.3) is 0 Å².